The first kappa shape index (κ1) is 16.2. The Kier molecular flexibility index (Phi) is 4.52. The van der Waals surface area contributed by atoms with E-state index in [0.717, 1.165) is 21.3 Å². The van der Waals surface area contributed by atoms with Crippen LogP contribution in [-0.4, -0.2) is 14.9 Å². The molecule has 3 aromatic rings. The van der Waals surface area contributed by atoms with Crippen molar-refractivity contribution in [3.05, 3.63) is 55.5 Å². The van der Waals surface area contributed by atoms with E-state index in [4.69, 9.17) is 11.6 Å². The minimum atomic E-state index is -0.408. The van der Waals surface area contributed by atoms with Crippen LogP contribution in [0.3, 0.4) is 0 Å². The summed E-state index contributed by atoms with van der Waals surface area (Å²) in [5.41, 5.74) is 2.19. The molecule has 8 heteroatoms. The molecule has 3 rings (SSSR count). The molecular weight excluding hydrogens is 354 g/mol. The normalized spacial score (nSPS) is 11.1. The van der Waals surface area contributed by atoms with Gasteiger partial charge in [-0.25, -0.2) is 9.97 Å². The number of hydrogen-bond donors (Lipinski definition) is 0. The Morgan fingerprint density at radius 2 is 1.96 bits per heavy atom. The molecule has 0 saturated heterocycles. The maximum atomic E-state index is 10.6. The molecule has 0 aliphatic carbocycles. The van der Waals surface area contributed by atoms with E-state index in [1.54, 1.807) is 23.5 Å². The molecule has 0 unspecified atom stereocenters. The fourth-order valence-electron chi connectivity index (χ4n) is 2.11. The van der Waals surface area contributed by atoms with Gasteiger partial charge in [0, 0.05) is 22.8 Å². The van der Waals surface area contributed by atoms with E-state index in [2.05, 4.69) is 9.97 Å². The molecule has 2 heterocycles. The number of thiophene rings is 1. The molecule has 0 radical (unpaired) electrons. The maximum absolute atomic E-state index is 10.6. The molecule has 23 heavy (non-hydrogen) atoms. The van der Waals surface area contributed by atoms with Crippen molar-refractivity contribution in [2.24, 2.45) is 0 Å². The highest BCUT2D eigenvalue weighted by molar-refractivity contribution is 7.98. The number of non-ortho nitro benzene ring substituents is 1. The second-order valence-electron chi connectivity index (χ2n) is 4.97. The third kappa shape index (κ3) is 3.31. The summed E-state index contributed by atoms with van der Waals surface area (Å²) in [7, 11) is 0. The fourth-order valence-corrected chi connectivity index (χ4v) is 4.41. The first-order valence-corrected chi connectivity index (χ1v) is 8.93. The molecule has 118 valence electrons. The number of benzene rings is 1. The van der Waals surface area contributed by atoms with Crippen molar-refractivity contribution in [1.29, 1.82) is 0 Å². The van der Waals surface area contributed by atoms with Gasteiger partial charge >= 0.3 is 0 Å². The van der Waals surface area contributed by atoms with Crippen LogP contribution < -0.4 is 0 Å². The van der Waals surface area contributed by atoms with Crippen LogP contribution in [0.1, 0.15) is 16.0 Å². The van der Waals surface area contributed by atoms with Gasteiger partial charge in [-0.05, 0) is 25.0 Å². The van der Waals surface area contributed by atoms with Crippen molar-refractivity contribution in [3.63, 3.8) is 0 Å². The van der Waals surface area contributed by atoms with Crippen LogP contribution in [0.25, 0.3) is 10.2 Å². The highest BCUT2D eigenvalue weighted by atomic mass is 35.5. The molecule has 0 N–H and O–H groups in total. The number of rotatable bonds is 4. The number of aromatic nitrogens is 2. The summed E-state index contributed by atoms with van der Waals surface area (Å²) in [6.45, 7) is 4.06. The average Bonchev–Trinajstić information content (AvgIpc) is 2.80. The van der Waals surface area contributed by atoms with Gasteiger partial charge in [0.25, 0.3) is 5.69 Å². The van der Waals surface area contributed by atoms with Gasteiger partial charge < -0.3 is 0 Å². The van der Waals surface area contributed by atoms with Gasteiger partial charge in [0.05, 0.1) is 10.3 Å². The number of nitro benzene ring substituents is 1. The Hall–Kier alpha value is -1.70. The van der Waals surface area contributed by atoms with Gasteiger partial charge in [-0.15, -0.1) is 11.3 Å². The van der Waals surface area contributed by atoms with Crippen molar-refractivity contribution < 1.29 is 4.92 Å². The number of hydrogen-bond acceptors (Lipinski definition) is 6. The minimum Gasteiger partial charge on any atom is -0.258 e. The summed E-state index contributed by atoms with van der Waals surface area (Å²) < 4.78 is 0. The van der Waals surface area contributed by atoms with Gasteiger partial charge in [-0.1, -0.05) is 35.5 Å². The Bertz CT molecular complexity index is 894. The lowest BCUT2D eigenvalue weighted by atomic mass is 10.2. The second-order valence-corrected chi connectivity index (χ2v) is 7.48. The molecule has 1 aromatic carbocycles. The number of thioether (sulfide) groups is 1. The molecule has 0 aliphatic heterocycles. The highest BCUT2D eigenvalue weighted by Crippen LogP contribution is 2.34. The molecule has 0 fully saturated rings. The zero-order valence-electron chi connectivity index (χ0n) is 12.4. The highest BCUT2D eigenvalue weighted by Gasteiger charge is 2.13. The molecule has 0 spiro atoms. The topological polar surface area (TPSA) is 68.9 Å². The van der Waals surface area contributed by atoms with Crippen LogP contribution in [0.15, 0.2) is 29.4 Å². The maximum Gasteiger partial charge on any atom is 0.269 e. The number of nitro groups is 1. The van der Waals surface area contributed by atoms with Gasteiger partial charge in [-0.2, -0.15) is 0 Å². The van der Waals surface area contributed by atoms with E-state index in [1.807, 2.05) is 13.8 Å². The molecule has 0 atom stereocenters. The second kappa shape index (κ2) is 6.43. The van der Waals surface area contributed by atoms with Gasteiger partial charge in [0.1, 0.15) is 9.98 Å². The fraction of sp³-hybridized carbons (Fsp3) is 0.200. The number of fused-ring (bicyclic) bond motifs is 1. The summed E-state index contributed by atoms with van der Waals surface area (Å²) in [4.78, 5) is 21.2. The summed E-state index contributed by atoms with van der Waals surface area (Å²) in [6, 6.07) is 6.48. The van der Waals surface area contributed by atoms with Crippen molar-refractivity contribution in [2.45, 2.75) is 24.8 Å². The van der Waals surface area contributed by atoms with E-state index < -0.39 is 4.92 Å². The number of aryl methyl sites for hydroxylation is 2. The molecule has 2 aromatic heterocycles. The Labute approximate surface area is 145 Å². The quantitative estimate of drug-likeness (QED) is 0.210. The molecule has 0 aliphatic rings. The molecule has 0 amide bonds. The summed E-state index contributed by atoms with van der Waals surface area (Å²) in [5, 5.41) is 12.7. The van der Waals surface area contributed by atoms with Gasteiger partial charge in [0.15, 0.2) is 5.16 Å². The lowest BCUT2D eigenvalue weighted by molar-refractivity contribution is -0.384. The van der Waals surface area contributed by atoms with Crippen LogP contribution in [0.5, 0.6) is 0 Å². The Morgan fingerprint density at radius 1 is 1.26 bits per heavy atom. The van der Waals surface area contributed by atoms with Crippen molar-refractivity contribution >= 4 is 50.6 Å². The van der Waals surface area contributed by atoms with Crippen molar-refractivity contribution in [2.75, 3.05) is 0 Å². The summed E-state index contributed by atoms with van der Waals surface area (Å²) in [5.74, 6) is 0.628. The van der Waals surface area contributed by atoms with E-state index in [0.29, 0.717) is 16.1 Å². The lowest BCUT2D eigenvalue weighted by Gasteiger charge is -2.03. The van der Waals surface area contributed by atoms with Crippen molar-refractivity contribution in [3.8, 4) is 0 Å². The largest absolute Gasteiger partial charge is 0.269 e. The predicted molar refractivity (Wildman–Crippen MR) is 94.6 cm³/mol. The Morgan fingerprint density at radius 3 is 2.61 bits per heavy atom. The van der Waals surface area contributed by atoms with Gasteiger partial charge in [0.2, 0.25) is 0 Å². The molecule has 0 saturated carbocycles. The summed E-state index contributed by atoms with van der Waals surface area (Å²) >= 11 is 9.36. The molecular formula is C15H12ClN3O2S2. The van der Waals surface area contributed by atoms with E-state index >= 15 is 0 Å². The standard InChI is InChI=1S/C15H12ClN3O2S2/c1-8-9(2)23-14-12(8)13(16)17-15(18-14)22-7-10-3-5-11(6-4-10)19(20)21/h3-6H,7H2,1-2H3. The smallest absolute Gasteiger partial charge is 0.258 e. The lowest BCUT2D eigenvalue weighted by Crippen LogP contribution is -1.91. The zero-order chi connectivity index (χ0) is 16.6. The van der Waals surface area contributed by atoms with Crippen LogP contribution in [-0.2, 0) is 5.75 Å². The van der Waals surface area contributed by atoms with Crippen LogP contribution in [0.2, 0.25) is 5.15 Å². The minimum absolute atomic E-state index is 0.0870. The number of nitrogens with zero attached hydrogens (tertiary/aromatic N) is 3. The average molecular weight is 366 g/mol. The Balaban J connectivity index is 1.80. The van der Waals surface area contributed by atoms with Crippen molar-refractivity contribution in [1.82, 2.24) is 9.97 Å². The summed E-state index contributed by atoms with van der Waals surface area (Å²) in [6.07, 6.45) is 0. The third-order valence-electron chi connectivity index (χ3n) is 3.48. The van der Waals surface area contributed by atoms with E-state index in [9.17, 15) is 10.1 Å². The monoisotopic (exact) mass is 365 g/mol. The van der Waals surface area contributed by atoms with Crippen LogP contribution in [0, 0.1) is 24.0 Å². The number of halogens is 1. The first-order valence-electron chi connectivity index (χ1n) is 6.75. The van der Waals surface area contributed by atoms with Crippen LogP contribution in [0.4, 0.5) is 5.69 Å². The first-order chi connectivity index (χ1) is 11.0. The van der Waals surface area contributed by atoms with E-state index in [-0.39, 0.29) is 5.69 Å². The SMILES string of the molecule is Cc1sc2nc(SCc3ccc([N+](=O)[O-])cc3)nc(Cl)c2c1C. The molecule has 0 bridgehead atoms. The third-order valence-corrected chi connectivity index (χ3v) is 5.77. The molecule has 5 nitrogen and oxygen atoms in total. The van der Waals surface area contributed by atoms with E-state index in [1.165, 1.54) is 28.8 Å². The predicted octanol–water partition coefficient (Wildman–Crippen LogP) is 5.16. The van der Waals surface area contributed by atoms with Gasteiger partial charge in [-0.3, -0.25) is 10.1 Å². The van der Waals surface area contributed by atoms with Crippen LogP contribution >= 0.6 is 34.7 Å². The zero-order valence-corrected chi connectivity index (χ0v) is 14.8.